The molecule has 120 valence electrons. The van der Waals surface area contributed by atoms with E-state index >= 15 is 0 Å². The standard InChI is InChI=1S/C17H31N3O/c1-6-7-8-9-10-11-12-21-15-13(2)14(18)19-16(20-15)17(3,4)5/h6-12H2,1-5H3,(H2,18,19,20). The van der Waals surface area contributed by atoms with E-state index in [1.165, 1.54) is 32.1 Å². The third kappa shape index (κ3) is 5.90. The maximum atomic E-state index is 5.97. The second-order valence-corrected chi connectivity index (χ2v) is 6.73. The van der Waals surface area contributed by atoms with Crippen LogP contribution in [0.25, 0.3) is 0 Å². The molecule has 4 heteroatoms. The maximum Gasteiger partial charge on any atom is 0.221 e. The molecule has 0 amide bonds. The Labute approximate surface area is 129 Å². The molecule has 0 aliphatic heterocycles. The minimum absolute atomic E-state index is 0.125. The van der Waals surface area contributed by atoms with Crippen LogP contribution in [0.1, 0.15) is 77.6 Å². The van der Waals surface area contributed by atoms with Gasteiger partial charge in [-0.1, -0.05) is 59.8 Å². The SMILES string of the molecule is CCCCCCCCOc1nc(C(C)(C)C)nc(N)c1C. The van der Waals surface area contributed by atoms with Crippen molar-refractivity contribution >= 4 is 5.82 Å². The Morgan fingerprint density at radius 3 is 2.24 bits per heavy atom. The van der Waals surface area contributed by atoms with E-state index in [-0.39, 0.29) is 5.41 Å². The highest BCUT2D eigenvalue weighted by Crippen LogP contribution is 2.26. The quantitative estimate of drug-likeness (QED) is 0.721. The molecule has 1 rings (SSSR count). The average molecular weight is 293 g/mol. The lowest BCUT2D eigenvalue weighted by Crippen LogP contribution is -2.18. The summed E-state index contributed by atoms with van der Waals surface area (Å²) in [6, 6.07) is 0. The Bertz CT molecular complexity index is 438. The van der Waals surface area contributed by atoms with Crippen molar-refractivity contribution in [2.24, 2.45) is 0 Å². The monoisotopic (exact) mass is 293 g/mol. The largest absolute Gasteiger partial charge is 0.477 e. The summed E-state index contributed by atoms with van der Waals surface area (Å²) in [7, 11) is 0. The van der Waals surface area contributed by atoms with Crippen LogP contribution < -0.4 is 10.5 Å². The Balaban J connectivity index is 2.53. The maximum absolute atomic E-state index is 5.97. The number of ether oxygens (including phenoxy) is 1. The molecule has 0 unspecified atom stereocenters. The first-order chi connectivity index (χ1) is 9.86. The number of rotatable bonds is 8. The second-order valence-electron chi connectivity index (χ2n) is 6.73. The molecule has 0 fully saturated rings. The van der Waals surface area contributed by atoms with Crippen molar-refractivity contribution < 1.29 is 4.74 Å². The summed E-state index contributed by atoms with van der Waals surface area (Å²) >= 11 is 0. The average Bonchev–Trinajstić information content (AvgIpc) is 2.41. The van der Waals surface area contributed by atoms with Crippen LogP contribution in [0.3, 0.4) is 0 Å². The van der Waals surface area contributed by atoms with Crippen molar-refractivity contribution in [1.29, 1.82) is 0 Å². The summed E-state index contributed by atoms with van der Waals surface area (Å²) in [5.41, 5.74) is 6.69. The molecule has 0 aliphatic rings. The van der Waals surface area contributed by atoms with Gasteiger partial charge in [-0.2, -0.15) is 4.98 Å². The van der Waals surface area contributed by atoms with Crippen LogP contribution in [-0.2, 0) is 5.41 Å². The Morgan fingerprint density at radius 2 is 1.62 bits per heavy atom. The third-order valence-corrected chi connectivity index (χ3v) is 3.55. The minimum atomic E-state index is -0.125. The molecule has 1 aromatic heterocycles. The van der Waals surface area contributed by atoms with Crippen LogP contribution >= 0.6 is 0 Å². The summed E-state index contributed by atoms with van der Waals surface area (Å²) in [5.74, 6) is 1.90. The van der Waals surface area contributed by atoms with E-state index in [0.717, 1.165) is 17.8 Å². The highest BCUT2D eigenvalue weighted by atomic mass is 16.5. The first kappa shape index (κ1) is 17.7. The first-order valence-electron chi connectivity index (χ1n) is 8.13. The number of nitrogens with zero attached hydrogens (tertiary/aromatic N) is 2. The van der Waals surface area contributed by atoms with Gasteiger partial charge in [0.05, 0.1) is 12.2 Å². The number of hydrogen-bond acceptors (Lipinski definition) is 4. The lowest BCUT2D eigenvalue weighted by Gasteiger charge is -2.19. The van der Waals surface area contributed by atoms with Crippen molar-refractivity contribution in [1.82, 2.24) is 9.97 Å². The van der Waals surface area contributed by atoms with E-state index in [9.17, 15) is 0 Å². The van der Waals surface area contributed by atoms with Crippen LogP contribution in [-0.4, -0.2) is 16.6 Å². The number of nitrogen functional groups attached to an aromatic ring is 1. The second kappa shape index (κ2) is 8.20. The van der Waals surface area contributed by atoms with Gasteiger partial charge < -0.3 is 10.5 Å². The Kier molecular flexibility index (Phi) is 6.93. The van der Waals surface area contributed by atoms with Gasteiger partial charge in [0.2, 0.25) is 5.88 Å². The normalized spacial score (nSPS) is 11.7. The van der Waals surface area contributed by atoms with E-state index in [1.807, 2.05) is 6.92 Å². The van der Waals surface area contributed by atoms with Gasteiger partial charge in [0.25, 0.3) is 0 Å². The molecule has 0 spiro atoms. The lowest BCUT2D eigenvalue weighted by atomic mass is 9.95. The molecule has 21 heavy (non-hydrogen) atoms. The topological polar surface area (TPSA) is 61.0 Å². The molecule has 0 aromatic carbocycles. The molecule has 1 aromatic rings. The van der Waals surface area contributed by atoms with Crippen LogP contribution in [0.2, 0.25) is 0 Å². The van der Waals surface area contributed by atoms with E-state index in [1.54, 1.807) is 0 Å². The summed E-state index contributed by atoms with van der Waals surface area (Å²) < 4.78 is 5.83. The molecular weight excluding hydrogens is 262 g/mol. The number of unbranched alkanes of at least 4 members (excludes halogenated alkanes) is 5. The van der Waals surface area contributed by atoms with Gasteiger partial charge in [0.1, 0.15) is 11.6 Å². The van der Waals surface area contributed by atoms with E-state index in [0.29, 0.717) is 18.3 Å². The highest BCUT2D eigenvalue weighted by molar-refractivity contribution is 5.45. The van der Waals surface area contributed by atoms with Gasteiger partial charge in [0.15, 0.2) is 0 Å². The fraction of sp³-hybridized carbons (Fsp3) is 0.765. The van der Waals surface area contributed by atoms with Gasteiger partial charge in [-0.05, 0) is 13.3 Å². The molecule has 0 bridgehead atoms. The van der Waals surface area contributed by atoms with E-state index < -0.39 is 0 Å². The molecular formula is C17H31N3O. The van der Waals surface area contributed by atoms with Gasteiger partial charge in [0, 0.05) is 5.41 Å². The molecule has 1 heterocycles. The van der Waals surface area contributed by atoms with Crippen LogP contribution in [0.5, 0.6) is 5.88 Å². The van der Waals surface area contributed by atoms with Crippen molar-refractivity contribution in [3.63, 3.8) is 0 Å². The lowest BCUT2D eigenvalue weighted by molar-refractivity contribution is 0.288. The number of nitrogens with two attached hydrogens (primary N) is 1. The van der Waals surface area contributed by atoms with Crippen molar-refractivity contribution in [3.8, 4) is 5.88 Å². The predicted octanol–water partition coefficient (Wildman–Crippen LogP) is 4.40. The third-order valence-electron chi connectivity index (χ3n) is 3.55. The smallest absolute Gasteiger partial charge is 0.221 e. The Morgan fingerprint density at radius 1 is 1.00 bits per heavy atom. The van der Waals surface area contributed by atoms with Gasteiger partial charge in [-0.25, -0.2) is 4.98 Å². The number of hydrogen-bond donors (Lipinski definition) is 1. The molecule has 2 N–H and O–H groups in total. The molecule has 0 saturated heterocycles. The van der Waals surface area contributed by atoms with E-state index in [4.69, 9.17) is 10.5 Å². The Hall–Kier alpha value is -1.32. The number of anilines is 1. The van der Waals surface area contributed by atoms with Crippen molar-refractivity contribution in [2.45, 2.75) is 78.6 Å². The van der Waals surface area contributed by atoms with Gasteiger partial charge in [-0.15, -0.1) is 0 Å². The van der Waals surface area contributed by atoms with Crippen LogP contribution in [0.4, 0.5) is 5.82 Å². The number of aromatic nitrogens is 2. The fourth-order valence-electron chi connectivity index (χ4n) is 2.04. The zero-order valence-corrected chi connectivity index (χ0v) is 14.3. The minimum Gasteiger partial charge on any atom is -0.477 e. The van der Waals surface area contributed by atoms with Gasteiger partial charge in [-0.3, -0.25) is 0 Å². The summed E-state index contributed by atoms with van der Waals surface area (Å²) in [6.07, 6.45) is 7.51. The molecule has 0 atom stereocenters. The summed E-state index contributed by atoms with van der Waals surface area (Å²) in [6.45, 7) is 11.1. The van der Waals surface area contributed by atoms with Crippen LogP contribution in [0.15, 0.2) is 0 Å². The van der Waals surface area contributed by atoms with Crippen LogP contribution in [0, 0.1) is 6.92 Å². The molecule has 0 aliphatic carbocycles. The summed E-state index contributed by atoms with van der Waals surface area (Å²) in [4.78, 5) is 8.91. The molecule has 4 nitrogen and oxygen atoms in total. The van der Waals surface area contributed by atoms with E-state index in [2.05, 4.69) is 37.7 Å². The predicted molar refractivity (Wildman–Crippen MR) is 88.8 cm³/mol. The summed E-state index contributed by atoms with van der Waals surface area (Å²) in [5, 5.41) is 0. The zero-order chi connectivity index (χ0) is 15.9. The fourth-order valence-corrected chi connectivity index (χ4v) is 2.04. The zero-order valence-electron chi connectivity index (χ0n) is 14.3. The van der Waals surface area contributed by atoms with Gasteiger partial charge >= 0.3 is 0 Å². The molecule has 0 radical (unpaired) electrons. The van der Waals surface area contributed by atoms with Crippen molar-refractivity contribution in [3.05, 3.63) is 11.4 Å². The highest BCUT2D eigenvalue weighted by Gasteiger charge is 2.20. The molecule has 0 saturated carbocycles. The first-order valence-corrected chi connectivity index (χ1v) is 8.13. The van der Waals surface area contributed by atoms with Crippen molar-refractivity contribution in [2.75, 3.05) is 12.3 Å².